The summed E-state index contributed by atoms with van der Waals surface area (Å²) < 4.78 is 0. The Hall–Kier alpha value is -0.460. The molecule has 0 heterocycles. The first kappa shape index (κ1) is 8.63. The lowest BCUT2D eigenvalue weighted by atomic mass is 9.86. The van der Waals surface area contributed by atoms with Gasteiger partial charge in [0, 0.05) is 0 Å². The molecule has 1 fully saturated rings. The standard InChI is InChI=1S/C10H19N/c11-9-5-4-8-10-6-2-1-3-7-10/h5,9-10H,1-4,6-8,11H2. The third-order valence-electron chi connectivity index (χ3n) is 2.60. The van der Waals surface area contributed by atoms with Gasteiger partial charge in [-0.05, 0) is 25.0 Å². The summed E-state index contributed by atoms with van der Waals surface area (Å²) >= 11 is 0. The molecule has 2 N–H and O–H groups in total. The number of allylic oxidation sites excluding steroid dienone is 1. The average Bonchev–Trinajstić information content (AvgIpc) is 2.07. The van der Waals surface area contributed by atoms with E-state index in [1.807, 2.05) is 0 Å². The normalized spacial score (nSPS) is 21.1. The third kappa shape index (κ3) is 3.45. The minimum absolute atomic E-state index is 1.000. The predicted molar refractivity (Wildman–Crippen MR) is 49.1 cm³/mol. The number of hydrogen-bond donors (Lipinski definition) is 1. The van der Waals surface area contributed by atoms with E-state index >= 15 is 0 Å². The summed E-state index contributed by atoms with van der Waals surface area (Å²) in [5, 5.41) is 0. The topological polar surface area (TPSA) is 26.0 Å². The minimum atomic E-state index is 1.000. The molecule has 0 bridgehead atoms. The predicted octanol–water partition coefficient (Wildman–Crippen LogP) is 2.82. The average molecular weight is 153 g/mol. The zero-order chi connectivity index (χ0) is 7.94. The van der Waals surface area contributed by atoms with E-state index in [9.17, 15) is 0 Å². The lowest BCUT2D eigenvalue weighted by molar-refractivity contribution is 0.341. The molecule has 0 atom stereocenters. The van der Waals surface area contributed by atoms with Gasteiger partial charge < -0.3 is 5.73 Å². The van der Waals surface area contributed by atoms with Crippen molar-refractivity contribution in [3.63, 3.8) is 0 Å². The fourth-order valence-corrected chi connectivity index (χ4v) is 1.90. The molecular weight excluding hydrogens is 134 g/mol. The quantitative estimate of drug-likeness (QED) is 0.663. The molecule has 0 aromatic carbocycles. The van der Waals surface area contributed by atoms with Gasteiger partial charge in [-0.3, -0.25) is 0 Å². The Morgan fingerprint density at radius 3 is 2.55 bits per heavy atom. The first-order valence-electron chi connectivity index (χ1n) is 4.80. The van der Waals surface area contributed by atoms with Crippen LogP contribution in [0.4, 0.5) is 0 Å². The molecule has 0 saturated heterocycles. The van der Waals surface area contributed by atoms with Crippen LogP contribution in [0.1, 0.15) is 44.9 Å². The van der Waals surface area contributed by atoms with Crippen molar-refractivity contribution in [1.29, 1.82) is 0 Å². The van der Waals surface area contributed by atoms with Gasteiger partial charge in [-0.2, -0.15) is 0 Å². The van der Waals surface area contributed by atoms with E-state index in [1.54, 1.807) is 6.20 Å². The fraction of sp³-hybridized carbons (Fsp3) is 0.800. The van der Waals surface area contributed by atoms with Gasteiger partial charge in [0.2, 0.25) is 0 Å². The summed E-state index contributed by atoms with van der Waals surface area (Å²) in [6.07, 6.45) is 13.6. The first-order valence-corrected chi connectivity index (χ1v) is 4.80. The molecule has 1 aliphatic carbocycles. The number of hydrogen-bond acceptors (Lipinski definition) is 1. The summed E-state index contributed by atoms with van der Waals surface area (Å²) in [6, 6.07) is 0. The van der Waals surface area contributed by atoms with Crippen LogP contribution in [0.25, 0.3) is 0 Å². The molecule has 0 amide bonds. The highest BCUT2D eigenvalue weighted by Gasteiger charge is 2.11. The van der Waals surface area contributed by atoms with E-state index in [2.05, 4.69) is 6.08 Å². The summed E-state index contributed by atoms with van der Waals surface area (Å²) in [5.74, 6) is 1.000. The molecule has 0 unspecified atom stereocenters. The smallest absolute Gasteiger partial charge is 0.0103 e. The molecule has 0 aromatic heterocycles. The Labute approximate surface area is 69.7 Å². The fourth-order valence-electron chi connectivity index (χ4n) is 1.90. The zero-order valence-corrected chi connectivity index (χ0v) is 7.26. The maximum Gasteiger partial charge on any atom is -0.0103 e. The molecule has 64 valence electrons. The van der Waals surface area contributed by atoms with E-state index in [0.29, 0.717) is 0 Å². The van der Waals surface area contributed by atoms with Crippen molar-refractivity contribution >= 4 is 0 Å². The Bertz CT molecular complexity index is 112. The first-order chi connectivity index (χ1) is 5.43. The molecule has 0 aliphatic heterocycles. The molecule has 0 spiro atoms. The molecule has 0 radical (unpaired) electrons. The van der Waals surface area contributed by atoms with Crippen molar-refractivity contribution < 1.29 is 0 Å². The van der Waals surface area contributed by atoms with Crippen molar-refractivity contribution in [2.24, 2.45) is 11.7 Å². The van der Waals surface area contributed by atoms with Crippen molar-refractivity contribution in [1.82, 2.24) is 0 Å². The van der Waals surface area contributed by atoms with Gasteiger partial charge in [-0.1, -0.05) is 38.2 Å². The summed E-state index contributed by atoms with van der Waals surface area (Å²) in [7, 11) is 0. The largest absolute Gasteiger partial charge is 0.405 e. The monoisotopic (exact) mass is 153 g/mol. The van der Waals surface area contributed by atoms with Crippen molar-refractivity contribution in [3.05, 3.63) is 12.3 Å². The van der Waals surface area contributed by atoms with Crippen molar-refractivity contribution in [2.75, 3.05) is 0 Å². The molecule has 1 aliphatic rings. The highest BCUT2D eigenvalue weighted by atomic mass is 14.5. The van der Waals surface area contributed by atoms with Crippen LogP contribution >= 0.6 is 0 Å². The lowest BCUT2D eigenvalue weighted by Crippen LogP contribution is -2.05. The SMILES string of the molecule is NC=CCCC1CCCCC1. The van der Waals surface area contributed by atoms with Gasteiger partial charge in [0.15, 0.2) is 0 Å². The highest BCUT2D eigenvalue weighted by Crippen LogP contribution is 2.27. The van der Waals surface area contributed by atoms with Gasteiger partial charge in [-0.25, -0.2) is 0 Å². The Morgan fingerprint density at radius 2 is 1.91 bits per heavy atom. The Balaban J connectivity index is 2.04. The molecular formula is C10H19N. The van der Waals surface area contributed by atoms with Gasteiger partial charge in [0.05, 0.1) is 0 Å². The maximum atomic E-state index is 5.26. The third-order valence-corrected chi connectivity index (χ3v) is 2.60. The van der Waals surface area contributed by atoms with Crippen LogP contribution in [0.5, 0.6) is 0 Å². The van der Waals surface area contributed by atoms with E-state index in [0.717, 1.165) is 5.92 Å². The Morgan fingerprint density at radius 1 is 1.18 bits per heavy atom. The second-order valence-corrected chi connectivity index (χ2v) is 3.51. The zero-order valence-electron chi connectivity index (χ0n) is 7.26. The van der Waals surface area contributed by atoms with Crippen LogP contribution in [0.3, 0.4) is 0 Å². The summed E-state index contributed by atoms with van der Waals surface area (Å²) in [5.41, 5.74) is 5.26. The maximum absolute atomic E-state index is 5.26. The summed E-state index contributed by atoms with van der Waals surface area (Å²) in [6.45, 7) is 0. The molecule has 1 rings (SSSR count). The van der Waals surface area contributed by atoms with E-state index in [-0.39, 0.29) is 0 Å². The molecule has 1 saturated carbocycles. The van der Waals surface area contributed by atoms with Crippen molar-refractivity contribution in [2.45, 2.75) is 44.9 Å². The van der Waals surface area contributed by atoms with Crippen LogP contribution in [-0.4, -0.2) is 0 Å². The van der Waals surface area contributed by atoms with Crippen LogP contribution in [-0.2, 0) is 0 Å². The van der Waals surface area contributed by atoms with E-state index < -0.39 is 0 Å². The van der Waals surface area contributed by atoms with Crippen LogP contribution < -0.4 is 5.73 Å². The van der Waals surface area contributed by atoms with Crippen LogP contribution in [0.2, 0.25) is 0 Å². The molecule has 1 heteroatoms. The second-order valence-electron chi connectivity index (χ2n) is 3.51. The minimum Gasteiger partial charge on any atom is -0.405 e. The van der Waals surface area contributed by atoms with Crippen LogP contribution in [0, 0.1) is 5.92 Å². The van der Waals surface area contributed by atoms with E-state index in [1.165, 1.54) is 44.9 Å². The van der Waals surface area contributed by atoms with E-state index in [4.69, 9.17) is 5.73 Å². The van der Waals surface area contributed by atoms with Gasteiger partial charge >= 0.3 is 0 Å². The molecule has 11 heavy (non-hydrogen) atoms. The highest BCUT2D eigenvalue weighted by molar-refractivity contribution is 4.77. The van der Waals surface area contributed by atoms with Crippen molar-refractivity contribution in [3.8, 4) is 0 Å². The molecule has 0 aromatic rings. The Kier molecular flexibility index (Phi) is 4.10. The van der Waals surface area contributed by atoms with Gasteiger partial charge in [0.1, 0.15) is 0 Å². The van der Waals surface area contributed by atoms with Gasteiger partial charge in [-0.15, -0.1) is 0 Å². The summed E-state index contributed by atoms with van der Waals surface area (Å²) in [4.78, 5) is 0. The second kappa shape index (κ2) is 5.22. The number of nitrogens with two attached hydrogens (primary N) is 1. The number of rotatable bonds is 3. The lowest BCUT2D eigenvalue weighted by Gasteiger charge is -2.20. The van der Waals surface area contributed by atoms with Gasteiger partial charge in [0.25, 0.3) is 0 Å². The molecule has 1 nitrogen and oxygen atoms in total. The van der Waals surface area contributed by atoms with Crippen LogP contribution in [0.15, 0.2) is 12.3 Å².